The Bertz CT molecular complexity index is 745. The van der Waals surface area contributed by atoms with Gasteiger partial charge in [-0.15, -0.1) is 0 Å². The van der Waals surface area contributed by atoms with Gasteiger partial charge in [0.25, 0.3) is 0 Å². The molecular formula is C19H23Cl2N3O. The summed E-state index contributed by atoms with van der Waals surface area (Å²) in [6.45, 7) is 8.39. The number of carbonyl (C=O) groups is 1. The predicted molar refractivity (Wildman–Crippen MR) is 108 cm³/mol. The summed E-state index contributed by atoms with van der Waals surface area (Å²) < 4.78 is 0. The van der Waals surface area contributed by atoms with Crippen molar-refractivity contribution in [3.05, 3.63) is 52.0 Å². The summed E-state index contributed by atoms with van der Waals surface area (Å²) in [5.41, 5.74) is 3.77. The average molecular weight is 380 g/mol. The van der Waals surface area contributed by atoms with Crippen LogP contribution in [0.3, 0.4) is 0 Å². The van der Waals surface area contributed by atoms with E-state index in [0.29, 0.717) is 15.7 Å². The van der Waals surface area contributed by atoms with Gasteiger partial charge >= 0.3 is 0 Å². The predicted octanol–water partition coefficient (Wildman–Crippen LogP) is 5.20. The van der Waals surface area contributed by atoms with Crippen LogP contribution >= 0.6 is 23.2 Å². The lowest BCUT2D eigenvalue weighted by atomic mass is 10.1. The zero-order chi connectivity index (χ0) is 18.4. The molecular weight excluding hydrogens is 357 g/mol. The van der Waals surface area contributed by atoms with Gasteiger partial charge in [0.05, 0.1) is 17.3 Å². The molecule has 2 N–H and O–H groups in total. The summed E-state index contributed by atoms with van der Waals surface area (Å²) in [7, 11) is 0. The van der Waals surface area contributed by atoms with Gasteiger partial charge in [-0.1, -0.05) is 23.2 Å². The maximum absolute atomic E-state index is 12.1. The molecule has 2 aromatic carbocycles. The minimum Gasteiger partial charge on any atom is -0.376 e. The number of nitrogens with one attached hydrogen (secondary N) is 2. The van der Waals surface area contributed by atoms with Crippen LogP contribution in [-0.4, -0.2) is 25.5 Å². The molecule has 0 heterocycles. The van der Waals surface area contributed by atoms with Crippen LogP contribution in [0.1, 0.15) is 19.4 Å². The molecule has 0 saturated heterocycles. The van der Waals surface area contributed by atoms with Gasteiger partial charge in [-0.2, -0.15) is 0 Å². The Morgan fingerprint density at radius 2 is 1.72 bits per heavy atom. The lowest BCUT2D eigenvalue weighted by Crippen LogP contribution is -2.23. The number of halogens is 2. The van der Waals surface area contributed by atoms with Crippen molar-refractivity contribution < 1.29 is 4.79 Å². The van der Waals surface area contributed by atoms with E-state index in [9.17, 15) is 4.79 Å². The molecule has 134 valence electrons. The van der Waals surface area contributed by atoms with Gasteiger partial charge in [0.1, 0.15) is 0 Å². The number of anilines is 3. The Morgan fingerprint density at radius 3 is 2.32 bits per heavy atom. The number of rotatable bonds is 7. The third kappa shape index (κ3) is 5.28. The monoisotopic (exact) mass is 379 g/mol. The van der Waals surface area contributed by atoms with Crippen LogP contribution in [0.15, 0.2) is 36.4 Å². The summed E-state index contributed by atoms with van der Waals surface area (Å²) >= 11 is 11.9. The fourth-order valence-corrected chi connectivity index (χ4v) is 3.05. The Morgan fingerprint density at radius 1 is 1.04 bits per heavy atom. The molecule has 0 unspecified atom stereocenters. The van der Waals surface area contributed by atoms with Crippen LogP contribution in [-0.2, 0) is 4.79 Å². The van der Waals surface area contributed by atoms with Crippen LogP contribution in [0.25, 0.3) is 0 Å². The highest BCUT2D eigenvalue weighted by atomic mass is 35.5. The maximum atomic E-state index is 12.1. The minimum absolute atomic E-state index is 0.157. The van der Waals surface area contributed by atoms with Crippen LogP contribution in [0.2, 0.25) is 10.0 Å². The SMILES string of the molecule is CCN(CC)c1ccc(NCC(=O)Nc2ccc(Cl)cc2Cl)c(C)c1. The highest BCUT2D eigenvalue weighted by Gasteiger charge is 2.08. The van der Waals surface area contributed by atoms with Crippen molar-refractivity contribution in [2.75, 3.05) is 35.2 Å². The fourth-order valence-electron chi connectivity index (χ4n) is 2.59. The molecule has 0 fully saturated rings. The molecule has 0 bridgehead atoms. The molecule has 2 aromatic rings. The number of hydrogen-bond donors (Lipinski definition) is 2. The van der Waals surface area contributed by atoms with Crippen molar-refractivity contribution in [3.8, 4) is 0 Å². The van der Waals surface area contributed by atoms with Crippen molar-refractivity contribution in [1.29, 1.82) is 0 Å². The molecule has 0 atom stereocenters. The first-order valence-electron chi connectivity index (χ1n) is 8.29. The van der Waals surface area contributed by atoms with Crippen LogP contribution in [0.5, 0.6) is 0 Å². The molecule has 0 aliphatic carbocycles. The Balaban J connectivity index is 1.97. The largest absolute Gasteiger partial charge is 0.376 e. The van der Waals surface area contributed by atoms with E-state index < -0.39 is 0 Å². The van der Waals surface area contributed by atoms with Crippen molar-refractivity contribution in [1.82, 2.24) is 0 Å². The molecule has 0 aromatic heterocycles. The Kier molecular flexibility index (Phi) is 6.97. The smallest absolute Gasteiger partial charge is 0.243 e. The van der Waals surface area contributed by atoms with E-state index >= 15 is 0 Å². The number of carbonyl (C=O) groups excluding carboxylic acids is 1. The molecule has 0 saturated carbocycles. The van der Waals surface area contributed by atoms with Crippen LogP contribution in [0, 0.1) is 6.92 Å². The first kappa shape index (κ1) is 19.4. The average Bonchev–Trinajstić information content (AvgIpc) is 2.58. The maximum Gasteiger partial charge on any atom is 0.243 e. The molecule has 2 rings (SSSR count). The third-order valence-electron chi connectivity index (χ3n) is 3.98. The number of aryl methyl sites for hydroxylation is 1. The van der Waals surface area contributed by atoms with Crippen molar-refractivity contribution >= 4 is 46.2 Å². The molecule has 25 heavy (non-hydrogen) atoms. The van der Waals surface area contributed by atoms with Gasteiger partial charge in [0.2, 0.25) is 5.91 Å². The molecule has 0 aliphatic heterocycles. The molecule has 0 radical (unpaired) electrons. The molecule has 0 spiro atoms. The Hall–Kier alpha value is -1.91. The quantitative estimate of drug-likeness (QED) is 0.694. The molecule has 0 aliphatic rings. The van der Waals surface area contributed by atoms with E-state index in [1.165, 1.54) is 5.69 Å². The number of amides is 1. The van der Waals surface area contributed by atoms with Gasteiger partial charge in [-0.25, -0.2) is 0 Å². The van der Waals surface area contributed by atoms with Crippen molar-refractivity contribution in [3.63, 3.8) is 0 Å². The van der Waals surface area contributed by atoms with Crippen LogP contribution < -0.4 is 15.5 Å². The van der Waals surface area contributed by atoms with Gasteiger partial charge in [0.15, 0.2) is 0 Å². The van der Waals surface area contributed by atoms with Gasteiger partial charge in [0, 0.05) is 29.5 Å². The topological polar surface area (TPSA) is 44.4 Å². The van der Waals surface area contributed by atoms with Gasteiger partial charge in [-0.05, 0) is 62.7 Å². The van der Waals surface area contributed by atoms with E-state index in [0.717, 1.165) is 24.3 Å². The zero-order valence-electron chi connectivity index (χ0n) is 14.7. The van der Waals surface area contributed by atoms with E-state index in [-0.39, 0.29) is 12.5 Å². The Labute approximate surface area is 159 Å². The highest BCUT2D eigenvalue weighted by molar-refractivity contribution is 6.36. The second-order valence-electron chi connectivity index (χ2n) is 5.70. The van der Waals surface area contributed by atoms with Crippen molar-refractivity contribution in [2.45, 2.75) is 20.8 Å². The number of hydrogen-bond acceptors (Lipinski definition) is 3. The normalized spacial score (nSPS) is 10.4. The third-order valence-corrected chi connectivity index (χ3v) is 4.53. The summed E-state index contributed by atoms with van der Waals surface area (Å²) in [4.78, 5) is 14.4. The van der Waals surface area contributed by atoms with E-state index in [2.05, 4.69) is 41.5 Å². The number of benzene rings is 2. The summed E-state index contributed by atoms with van der Waals surface area (Å²) in [5, 5.41) is 6.89. The minimum atomic E-state index is -0.170. The molecule has 4 nitrogen and oxygen atoms in total. The molecule has 1 amide bonds. The van der Waals surface area contributed by atoms with Crippen molar-refractivity contribution in [2.24, 2.45) is 0 Å². The number of nitrogens with zero attached hydrogens (tertiary/aromatic N) is 1. The molecule has 6 heteroatoms. The first-order valence-corrected chi connectivity index (χ1v) is 9.04. The van der Waals surface area contributed by atoms with Gasteiger partial charge in [-0.3, -0.25) is 4.79 Å². The van der Waals surface area contributed by atoms with Crippen LogP contribution in [0.4, 0.5) is 17.1 Å². The van der Waals surface area contributed by atoms with E-state index in [4.69, 9.17) is 23.2 Å². The van der Waals surface area contributed by atoms with Gasteiger partial charge < -0.3 is 15.5 Å². The standard InChI is InChI=1S/C19H23Cl2N3O/c1-4-24(5-2)15-7-9-17(13(3)10-15)22-12-19(25)23-18-8-6-14(20)11-16(18)21/h6-11,22H,4-5,12H2,1-3H3,(H,23,25). The highest BCUT2D eigenvalue weighted by Crippen LogP contribution is 2.25. The van der Waals surface area contributed by atoms with E-state index in [1.54, 1.807) is 18.2 Å². The first-order chi connectivity index (χ1) is 11.9. The fraction of sp³-hybridized carbons (Fsp3) is 0.316. The summed E-state index contributed by atoms with van der Waals surface area (Å²) in [6, 6.07) is 11.2. The van der Waals surface area contributed by atoms with E-state index in [1.807, 2.05) is 13.0 Å². The zero-order valence-corrected chi connectivity index (χ0v) is 16.2. The summed E-state index contributed by atoms with van der Waals surface area (Å²) in [6.07, 6.45) is 0. The summed E-state index contributed by atoms with van der Waals surface area (Å²) in [5.74, 6) is -0.170. The lowest BCUT2D eigenvalue weighted by Gasteiger charge is -2.22. The second kappa shape index (κ2) is 8.97. The lowest BCUT2D eigenvalue weighted by molar-refractivity contribution is -0.114. The second-order valence-corrected chi connectivity index (χ2v) is 6.54.